The van der Waals surface area contributed by atoms with Crippen LogP contribution < -0.4 is 0 Å². The number of aromatic nitrogens is 1. The lowest BCUT2D eigenvalue weighted by molar-refractivity contribution is -0.155. The zero-order valence-corrected chi connectivity index (χ0v) is 16.1. The summed E-state index contributed by atoms with van der Waals surface area (Å²) in [5, 5.41) is 10.5. The summed E-state index contributed by atoms with van der Waals surface area (Å²) in [6.45, 7) is 0.687. The SMILES string of the molecule is COCC1(C(=O)O)CCCN(C(=O)c2cc(-c3ccco3)nc3ccccc23)C1. The number of methoxy groups -OCH3 is 1. The molecule has 7 heteroatoms. The van der Waals surface area contributed by atoms with Crippen LogP contribution >= 0.6 is 0 Å². The fourth-order valence-corrected chi connectivity index (χ4v) is 4.01. The van der Waals surface area contributed by atoms with Crippen molar-refractivity contribution < 1.29 is 23.8 Å². The molecule has 0 bridgehead atoms. The molecule has 3 aromatic rings. The zero-order chi connectivity index (χ0) is 20.4. The van der Waals surface area contributed by atoms with Gasteiger partial charge in [-0.2, -0.15) is 0 Å². The molecule has 0 aliphatic carbocycles. The monoisotopic (exact) mass is 394 g/mol. The quantitative estimate of drug-likeness (QED) is 0.713. The average molecular weight is 394 g/mol. The molecule has 150 valence electrons. The highest BCUT2D eigenvalue weighted by Gasteiger charge is 2.44. The lowest BCUT2D eigenvalue weighted by atomic mass is 9.80. The number of nitrogens with zero attached hydrogens (tertiary/aromatic N) is 2. The highest BCUT2D eigenvalue weighted by molar-refractivity contribution is 6.07. The number of benzene rings is 1. The summed E-state index contributed by atoms with van der Waals surface area (Å²) < 4.78 is 10.6. The molecule has 1 aliphatic rings. The molecule has 1 unspecified atom stereocenters. The Hall–Kier alpha value is -3.19. The predicted molar refractivity (Wildman–Crippen MR) is 107 cm³/mol. The molecule has 7 nitrogen and oxygen atoms in total. The Balaban J connectivity index is 1.75. The van der Waals surface area contributed by atoms with Crippen LogP contribution in [0.15, 0.2) is 53.1 Å². The Kier molecular flexibility index (Phi) is 5.07. The first-order chi connectivity index (χ1) is 14.0. The summed E-state index contributed by atoms with van der Waals surface area (Å²) in [5.41, 5.74) is 0.647. The fourth-order valence-electron chi connectivity index (χ4n) is 4.01. The normalized spacial score (nSPS) is 19.4. The summed E-state index contributed by atoms with van der Waals surface area (Å²) in [7, 11) is 1.48. The minimum absolute atomic E-state index is 0.0703. The van der Waals surface area contributed by atoms with Gasteiger partial charge in [0.2, 0.25) is 0 Å². The van der Waals surface area contributed by atoms with Crippen molar-refractivity contribution in [3.8, 4) is 11.5 Å². The van der Waals surface area contributed by atoms with Crippen LogP contribution in [0, 0.1) is 5.41 Å². The molecule has 4 rings (SSSR count). The second kappa shape index (κ2) is 7.67. The first kappa shape index (κ1) is 19.1. The number of rotatable bonds is 5. The van der Waals surface area contributed by atoms with Gasteiger partial charge in [-0.15, -0.1) is 0 Å². The van der Waals surface area contributed by atoms with Crippen molar-refractivity contribution in [1.29, 1.82) is 0 Å². The number of carboxylic acids is 1. The van der Waals surface area contributed by atoms with E-state index in [4.69, 9.17) is 9.15 Å². The standard InChI is InChI=1S/C22H22N2O5/c1-28-14-22(21(26)27)9-5-10-24(13-22)20(25)16-12-18(19-8-4-11-29-19)23-17-7-3-2-6-15(16)17/h2-4,6-8,11-12H,5,9-10,13-14H2,1H3,(H,26,27). The second-order valence-corrected chi connectivity index (χ2v) is 7.40. The maximum absolute atomic E-state index is 13.5. The van der Waals surface area contributed by atoms with E-state index >= 15 is 0 Å². The zero-order valence-electron chi connectivity index (χ0n) is 16.1. The number of piperidine rings is 1. The number of hydrogen-bond donors (Lipinski definition) is 1. The van der Waals surface area contributed by atoms with Crippen LogP contribution in [0.2, 0.25) is 0 Å². The Morgan fingerprint density at radius 1 is 1.28 bits per heavy atom. The van der Waals surface area contributed by atoms with Crippen LogP contribution in [0.25, 0.3) is 22.4 Å². The number of furan rings is 1. The summed E-state index contributed by atoms with van der Waals surface area (Å²) in [6.07, 6.45) is 2.65. The molecule has 1 amide bonds. The van der Waals surface area contributed by atoms with Gasteiger partial charge in [0.15, 0.2) is 5.76 Å². The van der Waals surface area contributed by atoms with Crippen LogP contribution in [0.3, 0.4) is 0 Å². The van der Waals surface area contributed by atoms with E-state index in [1.54, 1.807) is 29.4 Å². The van der Waals surface area contributed by atoms with Gasteiger partial charge in [0.25, 0.3) is 5.91 Å². The molecule has 1 aliphatic heterocycles. The molecule has 1 saturated heterocycles. The van der Waals surface area contributed by atoms with Crippen molar-refractivity contribution in [2.45, 2.75) is 12.8 Å². The summed E-state index contributed by atoms with van der Waals surface area (Å²) >= 11 is 0. The Morgan fingerprint density at radius 3 is 2.83 bits per heavy atom. The summed E-state index contributed by atoms with van der Waals surface area (Å²) in [6, 6.07) is 12.7. The van der Waals surface area contributed by atoms with E-state index < -0.39 is 11.4 Å². The molecule has 0 spiro atoms. The van der Waals surface area contributed by atoms with Gasteiger partial charge in [0.1, 0.15) is 11.1 Å². The van der Waals surface area contributed by atoms with E-state index in [0.717, 1.165) is 5.39 Å². The number of likely N-dealkylation sites (tertiary alicyclic amines) is 1. The molecule has 1 fully saturated rings. The third kappa shape index (κ3) is 3.49. The van der Waals surface area contributed by atoms with Crippen molar-refractivity contribution >= 4 is 22.8 Å². The molecule has 1 aromatic carbocycles. The lowest BCUT2D eigenvalue weighted by Crippen LogP contribution is -2.52. The van der Waals surface area contributed by atoms with Crippen LogP contribution in [-0.4, -0.2) is 53.7 Å². The maximum Gasteiger partial charge on any atom is 0.313 e. The van der Waals surface area contributed by atoms with Gasteiger partial charge in [-0.05, 0) is 37.1 Å². The van der Waals surface area contributed by atoms with Crippen molar-refractivity contribution in [2.75, 3.05) is 26.8 Å². The predicted octanol–water partition coefficient (Wildman–Crippen LogP) is 3.45. The molecule has 0 radical (unpaired) electrons. The summed E-state index contributed by atoms with van der Waals surface area (Å²) in [4.78, 5) is 31.7. The van der Waals surface area contributed by atoms with Gasteiger partial charge < -0.3 is 19.2 Å². The minimum atomic E-state index is -1.09. The van der Waals surface area contributed by atoms with Crippen LogP contribution in [-0.2, 0) is 9.53 Å². The number of aliphatic carboxylic acids is 1. The topological polar surface area (TPSA) is 92.9 Å². The summed E-state index contributed by atoms with van der Waals surface area (Å²) in [5.74, 6) is -0.576. The molecule has 3 heterocycles. The Labute approximate surface area is 167 Å². The van der Waals surface area contributed by atoms with Gasteiger partial charge in [-0.3, -0.25) is 9.59 Å². The number of ether oxygens (including phenoxy) is 1. The third-order valence-corrected chi connectivity index (χ3v) is 5.46. The molecule has 2 aromatic heterocycles. The molecule has 1 N–H and O–H groups in total. The molecular weight excluding hydrogens is 372 g/mol. The third-order valence-electron chi connectivity index (χ3n) is 5.46. The number of carbonyl (C=O) groups is 2. The number of fused-ring (bicyclic) bond motifs is 1. The van der Waals surface area contributed by atoms with Crippen molar-refractivity contribution in [3.63, 3.8) is 0 Å². The van der Waals surface area contributed by atoms with E-state index in [1.807, 2.05) is 24.3 Å². The first-order valence-electron chi connectivity index (χ1n) is 9.49. The fraction of sp³-hybridized carbons (Fsp3) is 0.318. The number of para-hydroxylation sites is 1. The van der Waals surface area contributed by atoms with Crippen molar-refractivity contribution in [2.24, 2.45) is 5.41 Å². The van der Waals surface area contributed by atoms with E-state index in [-0.39, 0.29) is 19.1 Å². The van der Waals surface area contributed by atoms with Crippen LogP contribution in [0.5, 0.6) is 0 Å². The largest absolute Gasteiger partial charge is 0.481 e. The molecule has 1 atom stereocenters. The van der Waals surface area contributed by atoms with Gasteiger partial charge in [-0.1, -0.05) is 18.2 Å². The van der Waals surface area contributed by atoms with Gasteiger partial charge >= 0.3 is 5.97 Å². The molecule has 0 saturated carbocycles. The number of carboxylic acid groups (broad SMARTS) is 1. The first-order valence-corrected chi connectivity index (χ1v) is 9.49. The highest BCUT2D eigenvalue weighted by Crippen LogP contribution is 2.33. The van der Waals surface area contributed by atoms with E-state index in [9.17, 15) is 14.7 Å². The van der Waals surface area contributed by atoms with Crippen molar-refractivity contribution in [3.05, 3.63) is 54.3 Å². The van der Waals surface area contributed by atoms with Crippen molar-refractivity contribution in [1.82, 2.24) is 9.88 Å². The lowest BCUT2D eigenvalue weighted by Gasteiger charge is -2.39. The Morgan fingerprint density at radius 2 is 2.10 bits per heavy atom. The van der Waals surface area contributed by atoms with E-state index in [1.165, 1.54) is 7.11 Å². The minimum Gasteiger partial charge on any atom is -0.481 e. The number of hydrogen-bond acceptors (Lipinski definition) is 5. The number of amides is 1. The van der Waals surface area contributed by atoms with Gasteiger partial charge in [-0.25, -0.2) is 4.98 Å². The van der Waals surface area contributed by atoms with E-state index in [2.05, 4.69) is 4.98 Å². The average Bonchev–Trinajstić information content (AvgIpc) is 3.28. The van der Waals surface area contributed by atoms with Crippen LogP contribution in [0.1, 0.15) is 23.2 Å². The maximum atomic E-state index is 13.5. The van der Waals surface area contributed by atoms with Gasteiger partial charge in [0, 0.05) is 25.6 Å². The molecular formula is C22H22N2O5. The second-order valence-electron chi connectivity index (χ2n) is 7.40. The smallest absolute Gasteiger partial charge is 0.313 e. The van der Waals surface area contributed by atoms with Crippen LogP contribution in [0.4, 0.5) is 0 Å². The van der Waals surface area contributed by atoms with Gasteiger partial charge in [0.05, 0.1) is 24.0 Å². The molecule has 29 heavy (non-hydrogen) atoms. The number of carbonyl (C=O) groups excluding carboxylic acids is 1. The van der Waals surface area contributed by atoms with E-state index in [0.29, 0.717) is 41.9 Å². The Bertz CT molecular complexity index is 1040. The number of pyridine rings is 1. The highest BCUT2D eigenvalue weighted by atomic mass is 16.5.